The molecule has 4 nitrogen and oxygen atoms in total. The van der Waals surface area contributed by atoms with Gasteiger partial charge in [-0.25, -0.2) is 12.7 Å². The van der Waals surface area contributed by atoms with E-state index in [1.54, 1.807) is 4.31 Å². The minimum absolute atomic E-state index is 0.588. The summed E-state index contributed by atoms with van der Waals surface area (Å²) >= 11 is 0. The van der Waals surface area contributed by atoms with E-state index in [1.807, 2.05) is 0 Å². The van der Waals surface area contributed by atoms with E-state index in [4.69, 9.17) is 0 Å². The molecule has 2 aliphatic rings. The Hall–Kier alpha value is -0.130. The van der Waals surface area contributed by atoms with Crippen LogP contribution in [0.25, 0.3) is 0 Å². The first-order chi connectivity index (χ1) is 5.91. The van der Waals surface area contributed by atoms with Crippen LogP contribution in [-0.2, 0) is 10.0 Å². The molecule has 2 fully saturated rings. The Morgan fingerprint density at radius 1 is 1.23 bits per heavy atom. The van der Waals surface area contributed by atoms with E-state index >= 15 is 0 Å². The summed E-state index contributed by atoms with van der Waals surface area (Å²) in [4.78, 5) is 2.20. The first kappa shape index (κ1) is 9.43. The summed E-state index contributed by atoms with van der Waals surface area (Å²) in [5.74, 6) is 1.18. The number of piperidine rings is 1. The fourth-order valence-electron chi connectivity index (χ4n) is 2.49. The molecule has 0 N–H and O–H groups in total. The molecule has 1 aliphatic heterocycles. The molecule has 76 valence electrons. The highest BCUT2D eigenvalue weighted by molar-refractivity contribution is 7.88. The molecule has 1 saturated carbocycles. The number of sulfonamides is 1. The Morgan fingerprint density at radius 2 is 1.69 bits per heavy atom. The largest absolute Gasteiger partial charge is 0.306 e. The molecule has 2 atom stereocenters. The van der Waals surface area contributed by atoms with Gasteiger partial charge in [-0.05, 0) is 25.9 Å². The van der Waals surface area contributed by atoms with Crippen LogP contribution in [-0.4, -0.2) is 57.1 Å². The van der Waals surface area contributed by atoms with Crippen molar-refractivity contribution in [3.05, 3.63) is 0 Å². The molecular weight excluding hydrogens is 188 g/mol. The van der Waals surface area contributed by atoms with Crippen molar-refractivity contribution in [1.29, 1.82) is 0 Å². The Balaban J connectivity index is 1.98. The normalized spacial score (nSPS) is 39.5. The summed E-state index contributed by atoms with van der Waals surface area (Å²) < 4.78 is 24.0. The molecule has 0 spiro atoms. The lowest BCUT2D eigenvalue weighted by Gasteiger charge is -2.19. The summed E-state index contributed by atoms with van der Waals surface area (Å²) in [5, 5.41) is 0. The van der Waals surface area contributed by atoms with Crippen LogP contribution in [0.15, 0.2) is 0 Å². The molecule has 0 aromatic carbocycles. The number of hydrogen-bond donors (Lipinski definition) is 0. The number of rotatable bonds is 2. The predicted molar refractivity (Wildman–Crippen MR) is 50.9 cm³/mol. The minimum Gasteiger partial charge on any atom is -0.306 e. The standard InChI is InChI=1S/C8H16N2O2S/c1-9(2)8-6-4-10(5-7(6)8)13(3,11)12/h6-8H,4-5H2,1-3H3. The fraction of sp³-hybridized carbons (Fsp3) is 1.00. The van der Waals surface area contributed by atoms with Crippen LogP contribution in [0.5, 0.6) is 0 Å². The van der Waals surface area contributed by atoms with E-state index in [2.05, 4.69) is 19.0 Å². The van der Waals surface area contributed by atoms with Crippen molar-refractivity contribution in [2.75, 3.05) is 33.4 Å². The van der Waals surface area contributed by atoms with E-state index in [-0.39, 0.29) is 0 Å². The van der Waals surface area contributed by atoms with Gasteiger partial charge in [0.1, 0.15) is 0 Å². The van der Waals surface area contributed by atoms with Gasteiger partial charge in [0.2, 0.25) is 10.0 Å². The van der Waals surface area contributed by atoms with Crippen LogP contribution in [0.3, 0.4) is 0 Å². The lowest BCUT2D eigenvalue weighted by molar-refractivity contribution is 0.316. The Bertz CT molecular complexity index is 300. The van der Waals surface area contributed by atoms with Gasteiger partial charge < -0.3 is 4.90 Å². The van der Waals surface area contributed by atoms with Crippen molar-refractivity contribution in [2.24, 2.45) is 11.8 Å². The lowest BCUT2D eigenvalue weighted by Crippen LogP contribution is -2.34. The van der Waals surface area contributed by atoms with Crippen molar-refractivity contribution in [3.63, 3.8) is 0 Å². The van der Waals surface area contributed by atoms with Crippen molar-refractivity contribution >= 4 is 10.0 Å². The third-order valence-electron chi connectivity index (χ3n) is 3.18. The van der Waals surface area contributed by atoms with E-state index in [1.165, 1.54) is 6.26 Å². The molecule has 2 rings (SSSR count). The van der Waals surface area contributed by atoms with E-state index in [9.17, 15) is 8.42 Å². The molecule has 0 bridgehead atoms. The van der Waals surface area contributed by atoms with Gasteiger partial charge in [0.05, 0.1) is 6.26 Å². The van der Waals surface area contributed by atoms with Crippen LogP contribution >= 0.6 is 0 Å². The topological polar surface area (TPSA) is 40.6 Å². The van der Waals surface area contributed by atoms with Crippen LogP contribution < -0.4 is 0 Å². The van der Waals surface area contributed by atoms with E-state index in [0.29, 0.717) is 17.9 Å². The summed E-state index contributed by atoms with van der Waals surface area (Å²) in [6, 6.07) is 0.623. The van der Waals surface area contributed by atoms with E-state index < -0.39 is 10.0 Å². The Kier molecular flexibility index (Phi) is 1.94. The van der Waals surface area contributed by atoms with E-state index in [0.717, 1.165) is 13.1 Å². The Morgan fingerprint density at radius 3 is 2.00 bits per heavy atom. The molecule has 0 radical (unpaired) electrons. The maximum absolute atomic E-state index is 11.2. The molecule has 1 saturated heterocycles. The second-order valence-electron chi connectivity index (χ2n) is 4.36. The molecule has 0 aromatic rings. The van der Waals surface area contributed by atoms with Gasteiger partial charge in [0.15, 0.2) is 0 Å². The first-order valence-electron chi connectivity index (χ1n) is 4.53. The zero-order valence-corrected chi connectivity index (χ0v) is 9.08. The molecule has 1 heterocycles. The number of nitrogens with zero attached hydrogens (tertiary/aromatic N) is 2. The van der Waals surface area contributed by atoms with Gasteiger partial charge in [-0.2, -0.15) is 0 Å². The third kappa shape index (κ3) is 1.49. The average Bonchev–Trinajstić information content (AvgIpc) is 2.46. The second-order valence-corrected chi connectivity index (χ2v) is 6.34. The summed E-state index contributed by atoms with van der Waals surface area (Å²) in [6.45, 7) is 1.46. The van der Waals surface area contributed by atoms with Crippen molar-refractivity contribution < 1.29 is 8.42 Å². The smallest absolute Gasteiger partial charge is 0.211 e. The molecule has 0 aromatic heterocycles. The van der Waals surface area contributed by atoms with Gasteiger partial charge in [-0.3, -0.25) is 0 Å². The van der Waals surface area contributed by atoms with Gasteiger partial charge in [-0.1, -0.05) is 0 Å². The fourth-order valence-corrected chi connectivity index (χ4v) is 3.38. The first-order valence-corrected chi connectivity index (χ1v) is 6.37. The highest BCUT2D eigenvalue weighted by Gasteiger charge is 2.58. The number of hydrogen-bond acceptors (Lipinski definition) is 3. The van der Waals surface area contributed by atoms with Crippen LogP contribution in [0, 0.1) is 11.8 Å². The SMILES string of the molecule is CN(C)C1C2CN(S(C)(=O)=O)CC21. The van der Waals surface area contributed by atoms with Crippen molar-refractivity contribution in [2.45, 2.75) is 6.04 Å². The zero-order chi connectivity index (χ0) is 9.80. The molecule has 13 heavy (non-hydrogen) atoms. The van der Waals surface area contributed by atoms with Gasteiger partial charge >= 0.3 is 0 Å². The molecular formula is C8H16N2O2S. The maximum Gasteiger partial charge on any atom is 0.211 e. The van der Waals surface area contributed by atoms with Crippen molar-refractivity contribution in [1.82, 2.24) is 9.21 Å². The summed E-state index contributed by atoms with van der Waals surface area (Å²) in [6.07, 6.45) is 1.29. The molecule has 1 aliphatic carbocycles. The highest BCUT2D eigenvalue weighted by atomic mass is 32.2. The number of fused-ring (bicyclic) bond motifs is 1. The zero-order valence-electron chi connectivity index (χ0n) is 8.27. The maximum atomic E-state index is 11.2. The van der Waals surface area contributed by atoms with Crippen LogP contribution in [0.2, 0.25) is 0 Å². The lowest BCUT2D eigenvalue weighted by atomic mass is 10.4. The van der Waals surface area contributed by atoms with Gasteiger partial charge in [0, 0.05) is 19.1 Å². The predicted octanol–water partition coefficient (Wildman–Crippen LogP) is -0.562. The monoisotopic (exact) mass is 204 g/mol. The Labute approximate surface area is 79.6 Å². The molecule has 5 heteroatoms. The molecule has 2 unspecified atom stereocenters. The quantitative estimate of drug-likeness (QED) is 0.605. The average molecular weight is 204 g/mol. The summed E-state index contributed by atoms with van der Waals surface area (Å²) in [7, 11) is 1.19. The third-order valence-corrected chi connectivity index (χ3v) is 4.42. The van der Waals surface area contributed by atoms with Crippen LogP contribution in [0.4, 0.5) is 0 Å². The van der Waals surface area contributed by atoms with Crippen molar-refractivity contribution in [3.8, 4) is 0 Å². The van der Waals surface area contributed by atoms with Crippen LogP contribution in [0.1, 0.15) is 0 Å². The minimum atomic E-state index is -2.94. The molecule has 0 amide bonds. The highest BCUT2D eigenvalue weighted by Crippen LogP contribution is 2.48. The van der Waals surface area contributed by atoms with Gasteiger partial charge in [-0.15, -0.1) is 0 Å². The van der Waals surface area contributed by atoms with Gasteiger partial charge in [0.25, 0.3) is 0 Å². The second kappa shape index (κ2) is 2.68. The summed E-state index contributed by atoms with van der Waals surface area (Å²) in [5.41, 5.74) is 0.